The first-order valence-corrected chi connectivity index (χ1v) is 14.7. The van der Waals surface area contributed by atoms with Crippen LogP contribution >= 0.6 is 11.3 Å². The Balaban J connectivity index is 1.70. The van der Waals surface area contributed by atoms with Gasteiger partial charge in [0.2, 0.25) is 0 Å². The van der Waals surface area contributed by atoms with Crippen LogP contribution in [-0.4, -0.2) is 38.4 Å². The van der Waals surface area contributed by atoms with Crippen LogP contribution in [0.4, 0.5) is 4.39 Å². The molecule has 5 rings (SSSR count). The summed E-state index contributed by atoms with van der Waals surface area (Å²) in [5.74, 6) is -0.0715. The standard InChI is InChI=1S/C30H32FN5O5S/c1-18-26-27(38)36(19(2)23(37)15-20-7-4-8-20)30(39)34(29(26)42-28(18)35-13-6-12-33-35)17-25(41-14-5-11-32)22-16-21(31)9-10-24(22)40-3/h6,9-10,12-13,16,19-20,25H,4-5,7-8,14-15,17H2,1-3H3/t19-,25-/m0/s1. The number of ketones is 1. The van der Waals surface area contributed by atoms with E-state index < -0.39 is 29.2 Å². The minimum Gasteiger partial charge on any atom is -0.496 e. The molecule has 1 aliphatic rings. The van der Waals surface area contributed by atoms with Crippen LogP contribution in [0, 0.1) is 30.0 Å². The minimum atomic E-state index is -0.977. The Labute approximate surface area is 245 Å². The topological polar surface area (TPSA) is 121 Å². The van der Waals surface area contributed by atoms with Crippen molar-refractivity contribution < 1.29 is 18.7 Å². The van der Waals surface area contributed by atoms with Gasteiger partial charge in [0.05, 0.1) is 44.2 Å². The molecule has 0 amide bonds. The van der Waals surface area contributed by atoms with Gasteiger partial charge in [-0.05, 0) is 44.0 Å². The lowest BCUT2D eigenvalue weighted by Gasteiger charge is -2.26. The molecule has 0 N–H and O–H groups in total. The fourth-order valence-electron chi connectivity index (χ4n) is 5.37. The summed E-state index contributed by atoms with van der Waals surface area (Å²) in [5, 5.41) is 14.4. The molecule has 0 spiro atoms. The van der Waals surface area contributed by atoms with Crippen molar-refractivity contribution in [1.29, 1.82) is 5.26 Å². The molecular formula is C30H32FN5O5S. The summed E-state index contributed by atoms with van der Waals surface area (Å²) in [6.07, 6.45) is 5.84. The summed E-state index contributed by atoms with van der Waals surface area (Å²) in [7, 11) is 1.45. The molecule has 1 saturated carbocycles. The van der Waals surface area contributed by atoms with E-state index in [-0.39, 0.29) is 31.3 Å². The normalized spacial score (nSPS) is 14.8. The number of rotatable bonds is 12. The number of hydrogen-bond acceptors (Lipinski definition) is 8. The smallest absolute Gasteiger partial charge is 0.332 e. The molecule has 0 bridgehead atoms. The zero-order valence-electron chi connectivity index (χ0n) is 23.7. The molecule has 3 aromatic heterocycles. The summed E-state index contributed by atoms with van der Waals surface area (Å²) in [6, 6.07) is 6.80. The Morgan fingerprint density at radius 2 is 2.10 bits per heavy atom. The molecule has 0 aliphatic heterocycles. The second-order valence-electron chi connectivity index (χ2n) is 10.5. The number of halogens is 1. The van der Waals surface area contributed by atoms with Gasteiger partial charge < -0.3 is 9.47 Å². The first-order chi connectivity index (χ1) is 20.2. The molecule has 2 atom stereocenters. The van der Waals surface area contributed by atoms with Crippen molar-refractivity contribution in [3.05, 3.63) is 74.4 Å². The second-order valence-corrected chi connectivity index (χ2v) is 11.5. The van der Waals surface area contributed by atoms with Crippen molar-refractivity contribution >= 4 is 27.3 Å². The van der Waals surface area contributed by atoms with Crippen LogP contribution in [0.2, 0.25) is 0 Å². The molecule has 1 fully saturated rings. The molecule has 42 heavy (non-hydrogen) atoms. The number of carbonyl (C=O) groups excluding carboxylic acids is 1. The van der Waals surface area contributed by atoms with Crippen LogP contribution in [0.1, 0.15) is 62.3 Å². The fraction of sp³-hybridized carbons (Fsp3) is 0.433. The fourth-order valence-corrected chi connectivity index (χ4v) is 6.61. The Bertz CT molecular complexity index is 1760. The van der Waals surface area contributed by atoms with Crippen LogP contribution in [-0.2, 0) is 16.1 Å². The maximum atomic E-state index is 14.4. The minimum absolute atomic E-state index is 0.0245. The lowest BCUT2D eigenvalue weighted by Crippen LogP contribution is -2.44. The van der Waals surface area contributed by atoms with E-state index in [1.165, 1.54) is 41.2 Å². The molecule has 1 aromatic carbocycles. The van der Waals surface area contributed by atoms with Gasteiger partial charge in [0.15, 0.2) is 5.78 Å². The molecule has 12 heteroatoms. The number of nitriles is 1. The summed E-state index contributed by atoms with van der Waals surface area (Å²) in [6.45, 7) is 3.28. The van der Waals surface area contributed by atoms with Gasteiger partial charge in [-0.2, -0.15) is 10.4 Å². The van der Waals surface area contributed by atoms with Crippen LogP contribution in [0.15, 0.2) is 46.2 Å². The van der Waals surface area contributed by atoms with Gasteiger partial charge in [0, 0.05) is 29.9 Å². The summed E-state index contributed by atoms with van der Waals surface area (Å²) in [4.78, 5) is 41.8. The van der Waals surface area contributed by atoms with Gasteiger partial charge >= 0.3 is 5.69 Å². The average Bonchev–Trinajstić information content (AvgIpc) is 3.60. The molecule has 4 aromatic rings. The number of aromatic nitrogens is 4. The number of nitrogens with zero attached hydrogens (tertiary/aromatic N) is 5. The largest absolute Gasteiger partial charge is 0.496 e. The van der Waals surface area contributed by atoms with Gasteiger partial charge in [-0.15, -0.1) is 0 Å². The highest BCUT2D eigenvalue weighted by Crippen LogP contribution is 2.35. The van der Waals surface area contributed by atoms with Gasteiger partial charge in [0.25, 0.3) is 5.56 Å². The van der Waals surface area contributed by atoms with Crippen molar-refractivity contribution in [3.63, 3.8) is 0 Å². The maximum Gasteiger partial charge on any atom is 0.332 e. The first kappa shape index (κ1) is 29.4. The monoisotopic (exact) mass is 593 g/mol. The predicted octanol–water partition coefficient (Wildman–Crippen LogP) is 4.86. The summed E-state index contributed by atoms with van der Waals surface area (Å²) in [5.41, 5.74) is -0.240. The maximum absolute atomic E-state index is 14.4. The van der Waals surface area contributed by atoms with Crippen LogP contribution < -0.4 is 16.0 Å². The molecule has 0 unspecified atom stereocenters. The van der Waals surface area contributed by atoms with E-state index in [2.05, 4.69) is 5.10 Å². The van der Waals surface area contributed by atoms with Crippen LogP contribution in [0.3, 0.4) is 0 Å². The first-order valence-electron chi connectivity index (χ1n) is 13.9. The summed E-state index contributed by atoms with van der Waals surface area (Å²) < 4.78 is 30.0. The quantitative estimate of drug-likeness (QED) is 0.215. The highest BCUT2D eigenvalue weighted by molar-refractivity contribution is 7.21. The highest BCUT2D eigenvalue weighted by atomic mass is 32.1. The molecule has 0 saturated heterocycles. The molecular weight excluding hydrogens is 561 g/mol. The number of hydrogen-bond donors (Lipinski definition) is 0. The lowest BCUT2D eigenvalue weighted by atomic mass is 9.81. The molecule has 10 nitrogen and oxygen atoms in total. The average molecular weight is 594 g/mol. The number of ether oxygens (including phenoxy) is 2. The third kappa shape index (κ3) is 5.54. The van der Waals surface area contributed by atoms with E-state index in [0.29, 0.717) is 38.5 Å². The van der Waals surface area contributed by atoms with Crippen molar-refractivity contribution in [3.8, 4) is 16.8 Å². The Hall–Kier alpha value is -4.08. The third-order valence-corrected chi connectivity index (χ3v) is 9.22. The van der Waals surface area contributed by atoms with Gasteiger partial charge in [0.1, 0.15) is 27.5 Å². The second kappa shape index (κ2) is 12.4. The Morgan fingerprint density at radius 1 is 1.31 bits per heavy atom. The van der Waals surface area contributed by atoms with E-state index in [0.717, 1.165) is 23.8 Å². The van der Waals surface area contributed by atoms with Crippen molar-refractivity contribution in [1.82, 2.24) is 18.9 Å². The number of methoxy groups -OCH3 is 1. The number of Topliss-reactive ketones (excluding diaryl/α,β-unsaturated/α-hetero) is 1. The van der Waals surface area contributed by atoms with Crippen molar-refractivity contribution in [2.24, 2.45) is 5.92 Å². The van der Waals surface area contributed by atoms with Crippen molar-refractivity contribution in [2.75, 3.05) is 13.7 Å². The van der Waals surface area contributed by atoms with E-state index in [1.54, 1.807) is 37.0 Å². The predicted molar refractivity (Wildman–Crippen MR) is 156 cm³/mol. The third-order valence-electron chi connectivity index (χ3n) is 7.92. The zero-order valence-corrected chi connectivity index (χ0v) is 24.5. The van der Waals surface area contributed by atoms with Gasteiger partial charge in [-0.25, -0.2) is 18.4 Å². The van der Waals surface area contributed by atoms with E-state index in [1.807, 2.05) is 6.07 Å². The lowest BCUT2D eigenvalue weighted by molar-refractivity contribution is -0.123. The number of benzene rings is 1. The Morgan fingerprint density at radius 3 is 2.74 bits per heavy atom. The number of fused-ring (bicyclic) bond motifs is 1. The van der Waals surface area contributed by atoms with Crippen LogP contribution in [0.5, 0.6) is 5.75 Å². The summed E-state index contributed by atoms with van der Waals surface area (Å²) >= 11 is 1.22. The molecule has 0 radical (unpaired) electrons. The number of thiophene rings is 1. The Kier molecular flexibility index (Phi) is 8.70. The number of carbonyl (C=O) groups is 1. The van der Waals surface area contributed by atoms with E-state index in [9.17, 15) is 18.8 Å². The molecule has 1 aliphatic carbocycles. The highest BCUT2D eigenvalue weighted by Gasteiger charge is 2.30. The molecule has 220 valence electrons. The SMILES string of the molecule is COc1ccc(F)cc1[C@H](Cn1c(=O)n([C@@H](C)C(=O)CC2CCC2)c(=O)c2c(C)c(-n3cccn3)sc21)OCCC#N. The van der Waals surface area contributed by atoms with Gasteiger partial charge in [-0.1, -0.05) is 30.6 Å². The van der Waals surface area contributed by atoms with Gasteiger partial charge in [-0.3, -0.25) is 14.2 Å². The number of aryl methyl sites for hydroxylation is 1. The molecule has 3 heterocycles. The van der Waals surface area contributed by atoms with E-state index in [4.69, 9.17) is 14.7 Å². The van der Waals surface area contributed by atoms with E-state index >= 15 is 0 Å². The van der Waals surface area contributed by atoms with Crippen molar-refractivity contribution in [2.45, 2.75) is 64.6 Å². The zero-order chi connectivity index (χ0) is 30.0. The van der Waals surface area contributed by atoms with Crippen LogP contribution in [0.25, 0.3) is 15.2 Å².